The molecule has 0 radical (unpaired) electrons. The van der Waals surface area contributed by atoms with Gasteiger partial charge in [-0.2, -0.15) is 0 Å². The Bertz CT molecular complexity index is 902. The molecule has 1 fully saturated rings. The number of rotatable bonds is 3. The molecule has 7 heteroatoms. The van der Waals surface area contributed by atoms with Gasteiger partial charge in [-0.05, 0) is 44.2 Å². The van der Waals surface area contributed by atoms with E-state index in [0.717, 1.165) is 47.2 Å². The van der Waals surface area contributed by atoms with Crippen LogP contribution in [0.25, 0.3) is 11.5 Å². The van der Waals surface area contributed by atoms with Gasteiger partial charge in [0, 0.05) is 24.1 Å². The van der Waals surface area contributed by atoms with E-state index in [0.29, 0.717) is 5.82 Å². The minimum Gasteiger partial charge on any atom is -0.341 e. The van der Waals surface area contributed by atoms with Crippen LogP contribution in [0.4, 0.5) is 0 Å². The van der Waals surface area contributed by atoms with Crippen molar-refractivity contribution in [2.24, 2.45) is 0 Å². The second kappa shape index (κ2) is 6.40. The minimum atomic E-state index is -0.0793. The minimum absolute atomic E-state index is 0.0676. The first kappa shape index (κ1) is 16.0. The van der Waals surface area contributed by atoms with Crippen LogP contribution in [0.3, 0.4) is 0 Å². The number of likely N-dealkylation sites (tertiary alicyclic amines) is 1. The molecule has 4 rings (SSSR count). The Morgan fingerprint density at radius 3 is 2.96 bits per heavy atom. The van der Waals surface area contributed by atoms with Gasteiger partial charge in [0.1, 0.15) is 5.69 Å². The van der Waals surface area contributed by atoms with Crippen LogP contribution in [0.5, 0.6) is 0 Å². The summed E-state index contributed by atoms with van der Waals surface area (Å²) >= 11 is 1.47. The van der Waals surface area contributed by atoms with Gasteiger partial charge in [-0.1, -0.05) is 6.07 Å². The van der Waals surface area contributed by atoms with E-state index < -0.39 is 0 Å². The number of aromatic amines is 1. The van der Waals surface area contributed by atoms with Gasteiger partial charge in [0.25, 0.3) is 5.91 Å². The number of aryl methyl sites for hydroxylation is 2. The summed E-state index contributed by atoms with van der Waals surface area (Å²) in [6.07, 6.45) is 3.64. The van der Waals surface area contributed by atoms with Crippen LogP contribution in [-0.2, 0) is 0 Å². The van der Waals surface area contributed by atoms with Gasteiger partial charge in [0.15, 0.2) is 11.6 Å². The molecule has 1 saturated heterocycles. The molecule has 4 heterocycles. The number of hydrogen-bond acceptors (Lipinski definition) is 5. The lowest BCUT2D eigenvalue weighted by molar-refractivity contribution is 0.0734. The fourth-order valence-corrected chi connectivity index (χ4v) is 3.90. The molecule has 0 spiro atoms. The number of H-pyrrole nitrogens is 1. The highest BCUT2D eigenvalue weighted by Crippen LogP contribution is 2.33. The molecule has 1 atom stereocenters. The lowest BCUT2D eigenvalue weighted by Gasteiger charge is -2.23. The first-order chi connectivity index (χ1) is 12.1. The van der Waals surface area contributed by atoms with Gasteiger partial charge in [-0.3, -0.25) is 4.79 Å². The zero-order chi connectivity index (χ0) is 17.4. The Hall–Kier alpha value is -2.54. The molecule has 1 N–H and O–H groups in total. The maximum atomic E-state index is 12.8. The first-order valence-corrected chi connectivity index (χ1v) is 9.22. The molecular formula is C18H19N5OS. The molecular weight excluding hydrogens is 334 g/mol. The van der Waals surface area contributed by atoms with Crippen molar-refractivity contribution >= 4 is 17.2 Å². The fourth-order valence-electron chi connectivity index (χ4n) is 3.22. The van der Waals surface area contributed by atoms with Crippen molar-refractivity contribution in [1.29, 1.82) is 0 Å². The molecule has 0 saturated carbocycles. The number of carbonyl (C=O) groups excluding carboxylic acids is 1. The van der Waals surface area contributed by atoms with Crippen molar-refractivity contribution in [3.63, 3.8) is 0 Å². The Kier molecular flexibility index (Phi) is 4.09. The van der Waals surface area contributed by atoms with Gasteiger partial charge in [-0.25, -0.2) is 15.0 Å². The molecule has 3 aromatic heterocycles. The molecule has 0 bridgehead atoms. The van der Waals surface area contributed by atoms with Crippen LogP contribution in [0.1, 0.15) is 45.8 Å². The van der Waals surface area contributed by atoms with E-state index in [1.165, 1.54) is 11.3 Å². The third-order valence-corrected chi connectivity index (χ3v) is 5.22. The lowest BCUT2D eigenvalue weighted by atomic mass is 10.2. The smallest absolute Gasteiger partial charge is 0.264 e. The van der Waals surface area contributed by atoms with Crippen molar-refractivity contribution in [2.45, 2.75) is 32.7 Å². The van der Waals surface area contributed by atoms with E-state index in [9.17, 15) is 4.79 Å². The number of hydrogen-bond donors (Lipinski definition) is 1. The summed E-state index contributed by atoms with van der Waals surface area (Å²) in [6, 6.07) is 5.62. The molecule has 0 aliphatic carbocycles. The predicted octanol–water partition coefficient (Wildman–Crippen LogP) is 3.52. The van der Waals surface area contributed by atoms with Gasteiger partial charge < -0.3 is 9.88 Å². The van der Waals surface area contributed by atoms with Crippen LogP contribution < -0.4 is 0 Å². The Labute approximate surface area is 150 Å². The molecule has 1 aliphatic rings. The number of imidazole rings is 1. The van der Waals surface area contributed by atoms with Crippen molar-refractivity contribution in [3.8, 4) is 11.5 Å². The largest absolute Gasteiger partial charge is 0.341 e. The van der Waals surface area contributed by atoms with E-state index in [4.69, 9.17) is 4.98 Å². The molecule has 0 aromatic carbocycles. The van der Waals surface area contributed by atoms with E-state index in [1.807, 2.05) is 42.3 Å². The SMILES string of the molecule is Cc1cc(-c2ncc(C)[nH]2)nc(C2CCCN2C(=O)c2cccs2)n1. The monoisotopic (exact) mass is 353 g/mol. The molecule has 6 nitrogen and oxygen atoms in total. The number of aromatic nitrogens is 4. The van der Waals surface area contributed by atoms with Gasteiger partial charge >= 0.3 is 0 Å². The summed E-state index contributed by atoms with van der Waals surface area (Å²) in [5.74, 6) is 1.50. The summed E-state index contributed by atoms with van der Waals surface area (Å²) < 4.78 is 0. The average molecular weight is 353 g/mol. The molecule has 1 unspecified atom stereocenters. The van der Waals surface area contributed by atoms with Crippen LogP contribution in [0.2, 0.25) is 0 Å². The summed E-state index contributed by atoms with van der Waals surface area (Å²) in [4.78, 5) is 32.4. The molecule has 1 amide bonds. The Morgan fingerprint density at radius 1 is 1.36 bits per heavy atom. The van der Waals surface area contributed by atoms with E-state index in [-0.39, 0.29) is 11.9 Å². The van der Waals surface area contributed by atoms with Crippen LogP contribution in [-0.4, -0.2) is 37.3 Å². The third-order valence-electron chi connectivity index (χ3n) is 4.36. The molecule has 1 aliphatic heterocycles. The quantitative estimate of drug-likeness (QED) is 0.782. The number of carbonyl (C=O) groups is 1. The van der Waals surface area contributed by atoms with Gasteiger partial charge in [0.05, 0.1) is 10.9 Å². The normalized spacial score (nSPS) is 17.2. The summed E-state index contributed by atoms with van der Waals surface area (Å²) in [5.41, 5.74) is 2.64. The lowest BCUT2D eigenvalue weighted by Crippen LogP contribution is -2.31. The average Bonchev–Trinajstić information content (AvgIpc) is 3.34. The standard InChI is InChI=1S/C18H19N5OS/c1-11-9-13(16-19-10-12(2)21-16)22-17(20-11)14-5-3-7-23(14)18(24)15-6-4-8-25-15/h4,6,8-10,14H,3,5,7H2,1-2H3,(H,19,21). The van der Waals surface area contributed by atoms with Crippen molar-refractivity contribution < 1.29 is 4.79 Å². The number of nitrogens with one attached hydrogen (secondary N) is 1. The second-order valence-electron chi connectivity index (χ2n) is 6.30. The van der Waals surface area contributed by atoms with Crippen LogP contribution in [0, 0.1) is 13.8 Å². The topological polar surface area (TPSA) is 74.8 Å². The second-order valence-corrected chi connectivity index (χ2v) is 7.25. The number of amides is 1. The van der Waals surface area contributed by atoms with Crippen molar-refractivity contribution in [2.75, 3.05) is 6.54 Å². The fraction of sp³-hybridized carbons (Fsp3) is 0.333. The van der Waals surface area contributed by atoms with E-state index in [2.05, 4.69) is 15.0 Å². The highest BCUT2D eigenvalue weighted by atomic mass is 32.1. The zero-order valence-electron chi connectivity index (χ0n) is 14.2. The summed E-state index contributed by atoms with van der Waals surface area (Å²) in [6.45, 7) is 4.66. The molecule has 3 aromatic rings. The maximum absolute atomic E-state index is 12.8. The Balaban J connectivity index is 1.68. The van der Waals surface area contributed by atoms with Crippen molar-refractivity contribution in [3.05, 3.63) is 51.9 Å². The highest BCUT2D eigenvalue weighted by molar-refractivity contribution is 7.12. The van der Waals surface area contributed by atoms with Gasteiger partial charge in [-0.15, -0.1) is 11.3 Å². The number of nitrogens with zero attached hydrogens (tertiary/aromatic N) is 4. The maximum Gasteiger partial charge on any atom is 0.264 e. The van der Waals surface area contributed by atoms with Crippen molar-refractivity contribution in [1.82, 2.24) is 24.8 Å². The molecule has 128 valence electrons. The van der Waals surface area contributed by atoms with E-state index in [1.54, 1.807) is 6.20 Å². The third kappa shape index (κ3) is 3.07. The Morgan fingerprint density at radius 2 is 2.24 bits per heavy atom. The predicted molar refractivity (Wildman–Crippen MR) is 96.4 cm³/mol. The van der Waals surface area contributed by atoms with Crippen LogP contribution in [0.15, 0.2) is 29.8 Å². The summed E-state index contributed by atoms with van der Waals surface area (Å²) in [7, 11) is 0. The summed E-state index contributed by atoms with van der Waals surface area (Å²) in [5, 5.41) is 1.93. The van der Waals surface area contributed by atoms with Crippen LogP contribution >= 0.6 is 11.3 Å². The zero-order valence-corrected chi connectivity index (χ0v) is 15.0. The first-order valence-electron chi connectivity index (χ1n) is 8.34. The van der Waals surface area contributed by atoms with E-state index >= 15 is 0 Å². The number of thiophene rings is 1. The highest BCUT2D eigenvalue weighted by Gasteiger charge is 2.33. The van der Waals surface area contributed by atoms with Gasteiger partial charge in [0.2, 0.25) is 0 Å². The molecule has 25 heavy (non-hydrogen) atoms.